The molecule has 6 nitrogen and oxygen atoms in total. The number of carbonyl (C=O) groups excluding carboxylic acids is 1. The zero-order valence-electron chi connectivity index (χ0n) is 19.2. The van der Waals surface area contributed by atoms with Crippen LogP contribution in [0, 0.1) is 5.41 Å². The molecule has 170 valence electrons. The summed E-state index contributed by atoms with van der Waals surface area (Å²) in [5, 5.41) is 9.87. The molecule has 1 heterocycles. The van der Waals surface area contributed by atoms with Crippen LogP contribution in [0.1, 0.15) is 53.0 Å². The van der Waals surface area contributed by atoms with Gasteiger partial charge in [0.15, 0.2) is 5.96 Å². The van der Waals surface area contributed by atoms with Crippen molar-refractivity contribution < 1.29 is 4.79 Å². The van der Waals surface area contributed by atoms with Crippen LogP contribution in [0.4, 0.5) is 0 Å². The minimum atomic E-state index is -0.365. The molecule has 1 saturated heterocycles. The number of carbonyl (C=O) groups is 1. The lowest BCUT2D eigenvalue weighted by Gasteiger charge is -2.38. The van der Waals surface area contributed by atoms with E-state index in [9.17, 15) is 4.79 Å². The molecule has 1 aliphatic rings. The Kier molecular flexibility index (Phi) is 11.7. The first-order chi connectivity index (χ1) is 13.8. The Bertz CT molecular complexity index is 659. The van der Waals surface area contributed by atoms with Crippen LogP contribution < -0.4 is 16.0 Å². The normalized spacial score (nSPS) is 20.2. The summed E-state index contributed by atoms with van der Waals surface area (Å²) in [6, 6.07) is 11.6. The van der Waals surface area contributed by atoms with Crippen molar-refractivity contribution >= 4 is 35.8 Å². The standard InChI is InChI=1S/C23H39N5O.HI/c1-6-24-22(26-14-13-25-21(29)23(3,4)5)27-20-12-15-28(18(2)16-20)17-19-10-8-7-9-11-19;/h7-11,18,20H,6,12-17H2,1-5H3,(H,25,29)(H2,24,26,27);1H. The van der Waals surface area contributed by atoms with Crippen LogP contribution in [0.5, 0.6) is 0 Å². The number of rotatable bonds is 7. The molecule has 0 aliphatic carbocycles. The monoisotopic (exact) mass is 529 g/mol. The maximum absolute atomic E-state index is 12.0. The quantitative estimate of drug-likeness (QED) is 0.219. The van der Waals surface area contributed by atoms with Gasteiger partial charge in [-0.2, -0.15) is 0 Å². The first-order valence-corrected chi connectivity index (χ1v) is 10.9. The maximum Gasteiger partial charge on any atom is 0.225 e. The number of benzene rings is 1. The summed E-state index contributed by atoms with van der Waals surface area (Å²) in [5.74, 6) is 0.900. The molecule has 2 unspecified atom stereocenters. The minimum Gasteiger partial charge on any atom is -0.357 e. The number of aliphatic imine (C=N–C) groups is 1. The van der Waals surface area contributed by atoms with E-state index in [1.807, 2.05) is 20.8 Å². The van der Waals surface area contributed by atoms with Crippen molar-refractivity contribution in [3.05, 3.63) is 35.9 Å². The van der Waals surface area contributed by atoms with Crippen molar-refractivity contribution in [3.63, 3.8) is 0 Å². The van der Waals surface area contributed by atoms with Crippen LogP contribution in [0.15, 0.2) is 35.3 Å². The Morgan fingerprint density at radius 1 is 1.20 bits per heavy atom. The summed E-state index contributed by atoms with van der Waals surface area (Å²) < 4.78 is 0. The van der Waals surface area contributed by atoms with Crippen molar-refractivity contribution in [1.82, 2.24) is 20.9 Å². The summed E-state index contributed by atoms with van der Waals surface area (Å²) >= 11 is 0. The van der Waals surface area contributed by atoms with Crippen molar-refractivity contribution in [3.8, 4) is 0 Å². The number of piperidine rings is 1. The first kappa shape index (κ1) is 26.7. The Morgan fingerprint density at radius 3 is 2.50 bits per heavy atom. The second kappa shape index (κ2) is 13.1. The third-order valence-electron chi connectivity index (χ3n) is 5.28. The third-order valence-corrected chi connectivity index (χ3v) is 5.28. The van der Waals surface area contributed by atoms with E-state index in [0.29, 0.717) is 25.2 Å². The Labute approximate surface area is 199 Å². The van der Waals surface area contributed by atoms with Crippen molar-refractivity contribution in [1.29, 1.82) is 0 Å². The largest absolute Gasteiger partial charge is 0.357 e. The van der Waals surface area contributed by atoms with E-state index < -0.39 is 0 Å². The molecular formula is C23H40IN5O. The number of likely N-dealkylation sites (tertiary alicyclic amines) is 1. The first-order valence-electron chi connectivity index (χ1n) is 10.9. The van der Waals surface area contributed by atoms with Crippen molar-refractivity contribution in [2.75, 3.05) is 26.2 Å². The molecule has 0 aromatic heterocycles. The average molecular weight is 530 g/mol. The summed E-state index contributed by atoms with van der Waals surface area (Å²) in [4.78, 5) is 19.1. The fourth-order valence-corrected chi connectivity index (χ4v) is 3.52. The summed E-state index contributed by atoms with van der Waals surface area (Å²) in [7, 11) is 0. The highest BCUT2D eigenvalue weighted by molar-refractivity contribution is 14.0. The van der Waals surface area contributed by atoms with Crippen LogP contribution in [-0.4, -0.2) is 55.0 Å². The lowest BCUT2D eigenvalue weighted by Crippen LogP contribution is -2.51. The van der Waals surface area contributed by atoms with Gasteiger partial charge in [0.05, 0.1) is 6.54 Å². The highest BCUT2D eigenvalue weighted by Gasteiger charge is 2.26. The molecule has 1 fully saturated rings. The molecule has 1 aliphatic heterocycles. The van der Waals surface area contributed by atoms with Gasteiger partial charge in [0.25, 0.3) is 0 Å². The van der Waals surface area contributed by atoms with Crippen LogP contribution >= 0.6 is 24.0 Å². The number of amides is 1. The fraction of sp³-hybridized carbons (Fsp3) is 0.652. The topological polar surface area (TPSA) is 68.8 Å². The van der Waals surface area contributed by atoms with E-state index in [4.69, 9.17) is 0 Å². The molecular weight excluding hydrogens is 489 g/mol. The molecule has 0 bridgehead atoms. The van der Waals surface area contributed by atoms with Gasteiger partial charge >= 0.3 is 0 Å². The molecule has 30 heavy (non-hydrogen) atoms. The molecule has 7 heteroatoms. The van der Waals surface area contributed by atoms with Crippen LogP contribution in [0.2, 0.25) is 0 Å². The van der Waals surface area contributed by atoms with Crippen LogP contribution in [0.25, 0.3) is 0 Å². The number of guanidine groups is 1. The molecule has 3 N–H and O–H groups in total. The van der Waals surface area contributed by atoms with Gasteiger partial charge in [0.1, 0.15) is 0 Å². The van der Waals surface area contributed by atoms with Gasteiger partial charge in [-0.1, -0.05) is 51.1 Å². The van der Waals surface area contributed by atoms with Crippen molar-refractivity contribution in [2.24, 2.45) is 10.4 Å². The Morgan fingerprint density at radius 2 is 1.90 bits per heavy atom. The number of hydrogen-bond donors (Lipinski definition) is 3. The molecule has 1 amide bonds. The van der Waals surface area contributed by atoms with Gasteiger partial charge in [-0.15, -0.1) is 24.0 Å². The van der Waals surface area contributed by atoms with E-state index in [1.54, 1.807) is 0 Å². The predicted octanol–water partition coefficient (Wildman–Crippen LogP) is 3.37. The van der Waals surface area contributed by atoms with Gasteiger partial charge in [-0.3, -0.25) is 14.7 Å². The SMILES string of the molecule is CCNC(=NCCNC(=O)C(C)(C)C)NC1CCN(Cc2ccccc2)C(C)C1.I. The molecule has 1 aromatic carbocycles. The van der Waals surface area contributed by atoms with Crippen LogP contribution in [-0.2, 0) is 11.3 Å². The molecule has 2 atom stereocenters. The summed E-state index contributed by atoms with van der Waals surface area (Å²) in [6.07, 6.45) is 2.19. The lowest BCUT2D eigenvalue weighted by atomic mass is 9.96. The van der Waals surface area contributed by atoms with Gasteiger partial charge in [0, 0.05) is 43.7 Å². The van der Waals surface area contributed by atoms with E-state index in [0.717, 1.165) is 38.4 Å². The molecule has 1 aromatic rings. The number of nitrogens with zero attached hydrogens (tertiary/aromatic N) is 2. The van der Waals surface area contributed by atoms with E-state index in [-0.39, 0.29) is 35.3 Å². The van der Waals surface area contributed by atoms with Gasteiger partial charge in [0.2, 0.25) is 5.91 Å². The smallest absolute Gasteiger partial charge is 0.225 e. The highest BCUT2D eigenvalue weighted by atomic mass is 127. The second-order valence-corrected chi connectivity index (χ2v) is 8.94. The van der Waals surface area contributed by atoms with Crippen molar-refractivity contribution in [2.45, 2.75) is 66.1 Å². The molecule has 0 radical (unpaired) electrons. The Hall–Kier alpha value is -1.35. The van der Waals surface area contributed by atoms with Gasteiger partial charge in [-0.25, -0.2) is 0 Å². The predicted molar refractivity (Wildman–Crippen MR) is 136 cm³/mol. The van der Waals surface area contributed by atoms with Crippen LogP contribution in [0.3, 0.4) is 0 Å². The molecule has 0 saturated carbocycles. The number of halogens is 1. The summed E-state index contributed by atoms with van der Waals surface area (Å²) in [6.45, 7) is 14.2. The fourth-order valence-electron chi connectivity index (χ4n) is 3.52. The zero-order chi connectivity index (χ0) is 21.3. The Balaban J connectivity index is 0.00000450. The molecule has 0 spiro atoms. The minimum absolute atomic E-state index is 0. The number of nitrogens with one attached hydrogen (secondary N) is 3. The molecule has 2 rings (SSSR count). The lowest BCUT2D eigenvalue weighted by molar-refractivity contribution is -0.128. The van der Waals surface area contributed by atoms with E-state index in [1.165, 1.54) is 5.56 Å². The average Bonchev–Trinajstić information content (AvgIpc) is 2.67. The van der Waals surface area contributed by atoms with Gasteiger partial charge < -0.3 is 16.0 Å². The van der Waals surface area contributed by atoms with E-state index >= 15 is 0 Å². The highest BCUT2D eigenvalue weighted by Crippen LogP contribution is 2.20. The van der Waals surface area contributed by atoms with E-state index in [2.05, 4.69) is 70.0 Å². The summed E-state index contributed by atoms with van der Waals surface area (Å²) in [5.41, 5.74) is 1.01. The maximum atomic E-state index is 12.0. The number of hydrogen-bond acceptors (Lipinski definition) is 3. The second-order valence-electron chi connectivity index (χ2n) is 8.94. The van der Waals surface area contributed by atoms with Gasteiger partial charge in [-0.05, 0) is 32.3 Å². The zero-order valence-corrected chi connectivity index (χ0v) is 21.5. The third kappa shape index (κ3) is 9.20.